The van der Waals surface area contributed by atoms with Crippen molar-refractivity contribution < 1.29 is 4.79 Å². The molecule has 7 heteroatoms. The minimum atomic E-state index is -0.0106. The molecule has 1 N–H and O–H groups in total. The third kappa shape index (κ3) is 3.73. The summed E-state index contributed by atoms with van der Waals surface area (Å²) in [5.41, 5.74) is 5.05. The summed E-state index contributed by atoms with van der Waals surface area (Å²) >= 11 is 7.68. The van der Waals surface area contributed by atoms with Crippen LogP contribution in [0.15, 0.2) is 66.7 Å². The van der Waals surface area contributed by atoms with E-state index in [2.05, 4.69) is 17.4 Å². The van der Waals surface area contributed by atoms with Gasteiger partial charge >= 0.3 is 0 Å². The van der Waals surface area contributed by atoms with Crippen LogP contribution in [0.3, 0.4) is 0 Å². The predicted octanol–water partition coefficient (Wildman–Crippen LogP) is 6.05. The highest BCUT2D eigenvalue weighted by atomic mass is 35.5. The van der Waals surface area contributed by atoms with Crippen molar-refractivity contribution in [3.8, 4) is 11.3 Å². The van der Waals surface area contributed by atoms with Crippen LogP contribution < -0.4 is 5.32 Å². The highest BCUT2D eigenvalue weighted by Crippen LogP contribution is 2.32. The molecule has 3 aromatic carbocycles. The zero-order valence-electron chi connectivity index (χ0n) is 16.8. The topological polar surface area (TPSA) is 59.3 Å². The number of aromatic nitrogens is 3. The van der Waals surface area contributed by atoms with Crippen LogP contribution >= 0.6 is 23.4 Å². The van der Waals surface area contributed by atoms with E-state index in [1.165, 1.54) is 0 Å². The fourth-order valence-corrected chi connectivity index (χ4v) is 4.26. The monoisotopic (exact) mass is 446 g/mol. The van der Waals surface area contributed by atoms with E-state index >= 15 is 0 Å². The molecule has 0 aliphatic rings. The van der Waals surface area contributed by atoms with Crippen LogP contribution in [0.25, 0.3) is 38.7 Å². The lowest BCUT2D eigenvalue weighted by Gasteiger charge is -2.08. The van der Waals surface area contributed by atoms with Crippen molar-refractivity contribution in [1.82, 2.24) is 14.6 Å². The molecule has 31 heavy (non-hydrogen) atoms. The smallest absolute Gasteiger partial charge is 0.234 e. The molecular weight excluding hydrogens is 428 g/mol. The van der Waals surface area contributed by atoms with Gasteiger partial charge in [-0.3, -0.25) is 4.79 Å². The molecule has 0 aliphatic heterocycles. The normalized spacial score (nSPS) is 11.4. The fraction of sp³-hybridized carbons (Fsp3) is 0.125. The van der Waals surface area contributed by atoms with Gasteiger partial charge in [0.15, 0.2) is 5.65 Å². The van der Waals surface area contributed by atoms with Crippen LogP contribution in [0, 0.1) is 0 Å². The maximum atomic E-state index is 12.1. The number of nitrogens with zero attached hydrogens (tertiary/aromatic N) is 3. The van der Waals surface area contributed by atoms with Gasteiger partial charge in [0, 0.05) is 27.0 Å². The first-order valence-corrected chi connectivity index (χ1v) is 11.5. The summed E-state index contributed by atoms with van der Waals surface area (Å²) in [7, 11) is 0. The quantitative estimate of drug-likeness (QED) is 0.357. The van der Waals surface area contributed by atoms with Crippen molar-refractivity contribution in [1.29, 1.82) is 0 Å². The van der Waals surface area contributed by atoms with Gasteiger partial charge in [-0.2, -0.15) is 16.9 Å². The number of anilines is 1. The van der Waals surface area contributed by atoms with Crippen LogP contribution in [-0.2, 0) is 4.79 Å². The second-order valence-corrected chi connectivity index (χ2v) is 8.85. The Balaban J connectivity index is 1.67. The lowest BCUT2D eigenvalue weighted by atomic mass is 10.1. The van der Waals surface area contributed by atoms with E-state index in [1.54, 1.807) is 11.8 Å². The van der Waals surface area contributed by atoms with E-state index in [1.807, 2.05) is 66.0 Å². The average molecular weight is 447 g/mol. The Kier molecular flexibility index (Phi) is 5.26. The molecule has 0 atom stereocenters. The molecule has 0 saturated carbocycles. The van der Waals surface area contributed by atoms with Gasteiger partial charge in [-0.25, -0.2) is 9.50 Å². The molecule has 0 bridgehead atoms. The third-order valence-electron chi connectivity index (χ3n) is 5.09. The van der Waals surface area contributed by atoms with Gasteiger partial charge in [0.05, 0.1) is 22.5 Å². The SMILES string of the molecule is CCSCC(=O)Nc1ccc2c(c1)nc1c3ccccc3c(-c3ccc(Cl)cc3)nn21. The summed E-state index contributed by atoms with van der Waals surface area (Å²) < 4.78 is 1.88. The number of imidazole rings is 1. The van der Waals surface area contributed by atoms with Crippen LogP contribution in [0.4, 0.5) is 5.69 Å². The van der Waals surface area contributed by atoms with E-state index in [4.69, 9.17) is 21.7 Å². The number of benzene rings is 3. The summed E-state index contributed by atoms with van der Waals surface area (Å²) in [4.78, 5) is 16.9. The lowest BCUT2D eigenvalue weighted by Crippen LogP contribution is -2.14. The molecule has 0 saturated heterocycles. The molecule has 154 valence electrons. The maximum absolute atomic E-state index is 12.1. The first kappa shape index (κ1) is 19.8. The number of fused-ring (bicyclic) bond motifs is 5. The minimum absolute atomic E-state index is 0.0106. The summed E-state index contributed by atoms with van der Waals surface area (Å²) in [6.45, 7) is 2.04. The molecule has 0 fully saturated rings. The van der Waals surface area contributed by atoms with Crippen molar-refractivity contribution in [2.24, 2.45) is 0 Å². The number of carbonyl (C=O) groups is 1. The lowest BCUT2D eigenvalue weighted by molar-refractivity contribution is -0.113. The molecule has 2 aromatic heterocycles. The van der Waals surface area contributed by atoms with Crippen molar-refractivity contribution in [2.75, 3.05) is 16.8 Å². The highest BCUT2D eigenvalue weighted by Gasteiger charge is 2.15. The number of rotatable bonds is 5. The van der Waals surface area contributed by atoms with E-state index < -0.39 is 0 Å². The molecule has 0 radical (unpaired) electrons. The molecule has 2 heterocycles. The molecule has 1 amide bonds. The number of thioether (sulfide) groups is 1. The van der Waals surface area contributed by atoms with E-state index in [0.29, 0.717) is 10.8 Å². The average Bonchev–Trinajstić information content (AvgIpc) is 3.16. The van der Waals surface area contributed by atoms with Crippen molar-refractivity contribution in [3.05, 3.63) is 71.8 Å². The molecule has 5 nitrogen and oxygen atoms in total. The van der Waals surface area contributed by atoms with Gasteiger partial charge < -0.3 is 5.32 Å². The minimum Gasteiger partial charge on any atom is -0.325 e. The molecule has 5 aromatic rings. The molecule has 0 aliphatic carbocycles. The second kappa shape index (κ2) is 8.21. The summed E-state index contributed by atoms with van der Waals surface area (Å²) in [5.74, 6) is 1.34. The van der Waals surface area contributed by atoms with Gasteiger partial charge in [-0.15, -0.1) is 0 Å². The molecule has 5 rings (SSSR count). The number of amides is 1. The van der Waals surface area contributed by atoms with Gasteiger partial charge in [0.25, 0.3) is 0 Å². The van der Waals surface area contributed by atoms with Crippen LogP contribution in [0.2, 0.25) is 5.02 Å². The number of hydrogen-bond donors (Lipinski definition) is 1. The second-order valence-electron chi connectivity index (χ2n) is 7.14. The fourth-order valence-electron chi connectivity index (χ4n) is 3.67. The Morgan fingerprint density at radius 3 is 2.61 bits per heavy atom. The van der Waals surface area contributed by atoms with Crippen LogP contribution in [0.1, 0.15) is 6.92 Å². The van der Waals surface area contributed by atoms with Crippen LogP contribution in [-0.4, -0.2) is 32.0 Å². The van der Waals surface area contributed by atoms with Crippen molar-refractivity contribution in [2.45, 2.75) is 6.92 Å². The third-order valence-corrected chi connectivity index (χ3v) is 6.22. The zero-order valence-corrected chi connectivity index (χ0v) is 18.4. The Labute approximate surface area is 188 Å². The van der Waals surface area contributed by atoms with Gasteiger partial charge in [-0.1, -0.05) is 54.9 Å². The number of nitrogens with one attached hydrogen (secondary N) is 1. The molecular formula is C24H19ClN4OS. The number of hydrogen-bond acceptors (Lipinski definition) is 4. The first-order chi connectivity index (χ1) is 15.1. The van der Waals surface area contributed by atoms with Crippen LogP contribution in [0.5, 0.6) is 0 Å². The Morgan fingerprint density at radius 2 is 1.84 bits per heavy atom. The van der Waals surface area contributed by atoms with Gasteiger partial charge in [0.1, 0.15) is 0 Å². The molecule has 0 spiro atoms. The van der Waals surface area contributed by atoms with E-state index in [0.717, 1.165) is 50.2 Å². The Morgan fingerprint density at radius 1 is 1.06 bits per heavy atom. The Bertz CT molecular complexity index is 1430. The maximum Gasteiger partial charge on any atom is 0.234 e. The van der Waals surface area contributed by atoms with Gasteiger partial charge in [-0.05, 0) is 36.1 Å². The standard InChI is InChI=1S/C24H19ClN4OS/c1-2-31-14-22(30)26-17-11-12-21-20(13-17)27-24-19-6-4-3-5-18(19)23(28-29(21)24)15-7-9-16(25)10-8-15/h3-13H,2,14H2,1H3,(H,26,30). The zero-order chi connectivity index (χ0) is 21.4. The highest BCUT2D eigenvalue weighted by molar-refractivity contribution is 7.99. The van der Waals surface area contributed by atoms with E-state index in [9.17, 15) is 4.79 Å². The summed E-state index contributed by atoms with van der Waals surface area (Å²) in [6, 6.07) is 21.6. The van der Waals surface area contributed by atoms with Crippen molar-refractivity contribution in [3.63, 3.8) is 0 Å². The van der Waals surface area contributed by atoms with Gasteiger partial charge in [0.2, 0.25) is 5.91 Å². The Hall–Kier alpha value is -3.09. The van der Waals surface area contributed by atoms with E-state index in [-0.39, 0.29) is 5.91 Å². The summed E-state index contributed by atoms with van der Waals surface area (Å²) in [6.07, 6.45) is 0. The number of halogens is 1. The number of carbonyl (C=O) groups excluding carboxylic acids is 1. The largest absolute Gasteiger partial charge is 0.325 e. The predicted molar refractivity (Wildman–Crippen MR) is 130 cm³/mol. The first-order valence-electron chi connectivity index (χ1n) is 9.99. The van der Waals surface area contributed by atoms with Crippen molar-refractivity contribution >= 4 is 62.4 Å². The summed E-state index contributed by atoms with van der Waals surface area (Å²) in [5, 5.41) is 10.6. The molecule has 0 unspecified atom stereocenters.